The van der Waals surface area contributed by atoms with Crippen LogP contribution in [0.15, 0.2) is 53.4 Å². The maximum Gasteiger partial charge on any atom is 0.248 e. The normalized spacial score (nSPS) is 12.6. The molecule has 0 radical (unpaired) electrons. The van der Waals surface area contributed by atoms with Crippen LogP contribution in [0.3, 0.4) is 0 Å². The fourth-order valence-corrected chi connectivity index (χ4v) is 3.77. The van der Waals surface area contributed by atoms with E-state index in [-0.39, 0.29) is 16.8 Å². The molecule has 0 saturated heterocycles. The number of anilines is 1. The number of methoxy groups -OCH3 is 2. The minimum atomic E-state index is -3.57. The van der Waals surface area contributed by atoms with Crippen molar-refractivity contribution in [2.75, 3.05) is 19.5 Å². The van der Waals surface area contributed by atoms with Crippen molar-refractivity contribution in [3.63, 3.8) is 0 Å². The molecular formula is C21H26N2O5S. The van der Waals surface area contributed by atoms with Crippen molar-refractivity contribution < 1.29 is 22.7 Å². The minimum absolute atomic E-state index is 0.150. The molecule has 0 bridgehead atoms. The molecule has 1 unspecified atom stereocenters. The Balaban J connectivity index is 2.03. The van der Waals surface area contributed by atoms with E-state index in [9.17, 15) is 13.2 Å². The predicted molar refractivity (Wildman–Crippen MR) is 114 cm³/mol. The van der Waals surface area contributed by atoms with Gasteiger partial charge in [-0.15, -0.1) is 0 Å². The number of carbonyl (C=O) groups is 1. The molecule has 2 aromatic rings. The average Bonchev–Trinajstić information content (AvgIpc) is 2.72. The van der Waals surface area contributed by atoms with E-state index in [1.54, 1.807) is 57.6 Å². The first-order chi connectivity index (χ1) is 13.8. The maximum atomic E-state index is 12.3. The number of amides is 1. The molecule has 0 fully saturated rings. The highest BCUT2D eigenvalue weighted by atomic mass is 32.2. The Labute approximate surface area is 171 Å². The smallest absolute Gasteiger partial charge is 0.248 e. The highest BCUT2D eigenvalue weighted by Gasteiger charge is 2.16. The number of hydrogen-bond acceptors (Lipinski definition) is 5. The second-order valence-corrected chi connectivity index (χ2v) is 8.11. The molecule has 0 saturated carbocycles. The Morgan fingerprint density at radius 3 is 2.31 bits per heavy atom. The topological polar surface area (TPSA) is 93.7 Å². The van der Waals surface area contributed by atoms with Gasteiger partial charge in [-0.3, -0.25) is 4.79 Å². The zero-order valence-corrected chi connectivity index (χ0v) is 17.7. The van der Waals surface area contributed by atoms with E-state index >= 15 is 0 Å². The molecule has 7 nitrogen and oxygen atoms in total. The first-order valence-corrected chi connectivity index (χ1v) is 10.6. The van der Waals surface area contributed by atoms with E-state index in [1.807, 2.05) is 6.92 Å². The Bertz CT molecular complexity index is 969. The van der Waals surface area contributed by atoms with Crippen LogP contribution < -0.4 is 19.5 Å². The second kappa shape index (κ2) is 10.1. The van der Waals surface area contributed by atoms with E-state index in [0.717, 1.165) is 5.56 Å². The lowest BCUT2D eigenvalue weighted by Gasteiger charge is -2.12. The van der Waals surface area contributed by atoms with Gasteiger partial charge < -0.3 is 14.8 Å². The fraction of sp³-hybridized carbons (Fsp3) is 0.286. The van der Waals surface area contributed by atoms with Crippen molar-refractivity contribution in [2.24, 2.45) is 0 Å². The molecular weight excluding hydrogens is 392 g/mol. The summed E-state index contributed by atoms with van der Waals surface area (Å²) in [5.41, 5.74) is 1.27. The summed E-state index contributed by atoms with van der Waals surface area (Å²) >= 11 is 0. The molecule has 8 heteroatoms. The van der Waals surface area contributed by atoms with Gasteiger partial charge in [0.15, 0.2) is 11.5 Å². The Kier molecular flexibility index (Phi) is 7.81. The zero-order chi connectivity index (χ0) is 21.4. The number of ether oxygens (including phenoxy) is 2. The maximum absolute atomic E-state index is 12.3. The van der Waals surface area contributed by atoms with Crippen LogP contribution in [0.25, 0.3) is 6.08 Å². The second-order valence-electron chi connectivity index (χ2n) is 6.39. The predicted octanol–water partition coefficient (Wildman–Crippen LogP) is 3.43. The summed E-state index contributed by atoms with van der Waals surface area (Å²) in [4.78, 5) is 12.3. The number of carbonyl (C=O) groups excluding carboxylic acids is 1. The summed E-state index contributed by atoms with van der Waals surface area (Å²) in [6, 6.07) is 11.2. The van der Waals surface area contributed by atoms with Crippen LogP contribution >= 0.6 is 0 Å². The van der Waals surface area contributed by atoms with Crippen LogP contribution in [-0.2, 0) is 14.8 Å². The summed E-state index contributed by atoms with van der Waals surface area (Å²) in [5, 5.41) is 2.70. The highest BCUT2D eigenvalue weighted by Crippen LogP contribution is 2.28. The van der Waals surface area contributed by atoms with Gasteiger partial charge in [0.25, 0.3) is 0 Å². The molecule has 1 amide bonds. The van der Waals surface area contributed by atoms with E-state index in [1.165, 1.54) is 18.2 Å². The van der Waals surface area contributed by atoms with Gasteiger partial charge in [-0.2, -0.15) is 0 Å². The van der Waals surface area contributed by atoms with E-state index in [2.05, 4.69) is 10.0 Å². The number of benzene rings is 2. The number of sulfonamides is 1. The largest absolute Gasteiger partial charge is 0.493 e. The molecule has 2 rings (SSSR count). The fourth-order valence-electron chi connectivity index (χ4n) is 2.45. The molecule has 0 aliphatic carbocycles. The van der Waals surface area contributed by atoms with Gasteiger partial charge in [0.05, 0.1) is 19.1 Å². The summed E-state index contributed by atoms with van der Waals surface area (Å²) < 4.78 is 37.5. The van der Waals surface area contributed by atoms with Crippen LogP contribution in [-0.4, -0.2) is 34.6 Å². The van der Waals surface area contributed by atoms with E-state index in [0.29, 0.717) is 23.6 Å². The summed E-state index contributed by atoms with van der Waals surface area (Å²) in [5.74, 6) is 0.831. The van der Waals surface area contributed by atoms with Gasteiger partial charge in [0, 0.05) is 17.8 Å². The van der Waals surface area contributed by atoms with Gasteiger partial charge in [-0.05, 0) is 61.4 Å². The average molecular weight is 419 g/mol. The lowest BCUT2D eigenvalue weighted by atomic mass is 10.2. The van der Waals surface area contributed by atoms with Gasteiger partial charge >= 0.3 is 0 Å². The van der Waals surface area contributed by atoms with E-state index in [4.69, 9.17) is 9.47 Å². The van der Waals surface area contributed by atoms with Crippen molar-refractivity contribution in [3.8, 4) is 11.5 Å². The standard InChI is InChI=1S/C21H26N2O5S/c1-5-15(2)23-29(25,26)18-10-8-17(9-11-18)22-21(24)13-7-16-6-12-19(27-3)20(14-16)28-4/h6-15,23H,5H2,1-4H3,(H,22,24). The molecule has 0 aromatic heterocycles. The van der Waals surface area contributed by atoms with Crippen molar-refractivity contribution in [3.05, 3.63) is 54.1 Å². The minimum Gasteiger partial charge on any atom is -0.493 e. The van der Waals surface area contributed by atoms with Crippen LogP contribution in [0, 0.1) is 0 Å². The van der Waals surface area contributed by atoms with Crippen molar-refractivity contribution in [2.45, 2.75) is 31.2 Å². The molecule has 0 spiro atoms. The molecule has 2 N–H and O–H groups in total. The Hall–Kier alpha value is -2.84. The monoisotopic (exact) mass is 418 g/mol. The number of rotatable bonds is 9. The van der Waals surface area contributed by atoms with Crippen LogP contribution in [0.2, 0.25) is 0 Å². The van der Waals surface area contributed by atoms with Crippen LogP contribution in [0.4, 0.5) is 5.69 Å². The van der Waals surface area contributed by atoms with Crippen molar-refractivity contribution >= 4 is 27.7 Å². The first-order valence-electron chi connectivity index (χ1n) is 9.12. The molecule has 2 aromatic carbocycles. The lowest BCUT2D eigenvalue weighted by Crippen LogP contribution is -2.31. The van der Waals surface area contributed by atoms with E-state index < -0.39 is 10.0 Å². The number of hydrogen-bond donors (Lipinski definition) is 2. The van der Waals surface area contributed by atoms with Crippen molar-refractivity contribution in [1.29, 1.82) is 0 Å². The highest BCUT2D eigenvalue weighted by molar-refractivity contribution is 7.89. The summed E-state index contributed by atoms with van der Waals surface area (Å²) in [6.45, 7) is 3.71. The third kappa shape index (κ3) is 6.33. The SMILES string of the molecule is CCC(C)NS(=O)(=O)c1ccc(NC(=O)C=Cc2ccc(OC)c(OC)c2)cc1. The zero-order valence-electron chi connectivity index (χ0n) is 16.9. The Morgan fingerprint density at radius 1 is 1.07 bits per heavy atom. The quantitative estimate of drug-likeness (QED) is 0.609. The summed E-state index contributed by atoms with van der Waals surface area (Å²) in [7, 11) is -0.479. The van der Waals surface area contributed by atoms with Gasteiger partial charge in [-0.1, -0.05) is 13.0 Å². The molecule has 0 aliphatic rings. The van der Waals surface area contributed by atoms with Gasteiger partial charge in [0.2, 0.25) is 15.9 Å². The third-order valence-electron chi connectivity index (χ3n) is 4.24. The summed E-state index contributed by atoms with van der Waals surface area (Å²) in [6.07, 6.45) is 3.72. The van der Waals surface area contributed by atoms with Gasteiger partial charge in [-0.25, -0.2) is 13.1 Å². The molecule has 156 valence electrons. The molecule has 0 aliphatic heterocycles. The molecule has 1 atom stereocenters. The van der Waals surface area contributed by atoms with Crippen LogP contribution in [0.5, 0.6) is 11.5 Å². The van der Waals surface area contributed by atoms with Crippen molar-refractivity contribution in [1.82, 2.24) is 4.72 Å². The van der Waals surface area contributed by atoms with Gasteiger partial charge in [0.1, 0.15) is 0 Å². The van der Waals surface area contributed by atoms with Crippen LogP contribution in [0.1, 0.15) is 25.8 Å². The first kappa shape index (κ1) is 22.4. The third-order valence-corrected chi connectivity index (χ3v) is 5.84. The lowest BCUT2D eigenvalue weighted by molar-refractivity contribution is -0.111. The Morgan fingerprint density at radius 2 is 1.72 bits per heavy atom. The molecule has 0 heterocycles. The molecule has 29 heavy (non-hydrogen) atoms. The number of nitrogens with one attached hydrogen (secondary N) is 2.